The molecule has 1 amide bonds. The number of aryl methyl sites for hydroxylation is 1. The molecule has 0 bridgehead atoms. The first-order valence-corrected chi connectivity index (χ1v) is 8.09. The maximum atomic E-state index is 12.9. The van der Waals surface area contributed by atoms with Crippen LogP contribution in [-0.4, -0.2) is 71.8 Å². The number of ketones is 1. The largest absolute Gasteiger partial charge is 0.465 e. The minimum absolute atomic E-state index is 0.0537. The first-order chi connectivity index (χ1) is 11.3. The number of ether oxygens (including phenoxy) is 1. The van der Waals surface area contributed by atoms with Gasteiger partial charge < -0.3 is 14.6 Å². The second kappa shape index (κ2) is 7.17. The number of hydrogen-bond acceptors (Lipinski definition) is 5. The number of hydrogen-bond donors (Lipinski definition) is 1. The molecule has 2 rings (SSSR count). The molecule has 1 aromatic rings. The van der Waals surface area contributed by atoms with E-state index in [0.29, 0.717) is 48.7 Å². The Bertz CT molecular complexity index is 657. The maximum Gasteiger partial charge on any atom is 0.339 e. The Balaban J connectivity index is 2.15. The van der Waals surface area contributed by atoms with E-state index in [0.717, 1.165) is 0 Å². The maximum absolute atomic E-state index is 12.9. The molecule has 0 spiro atoms. The lowest BCUT2D eigenvalue weighted by molar-refractivity contribution is -0.130. The second-order valence-corrected chi connectivity index (χ2v) is 6.20. The van der Waals surface area contributed by atoms with E-state index in [-0.39, 0.29) is 17.7 Å². The molecular weight excluding hydrogens is 310 g/mol. The van der Waals surface area contributed by atoms with Gasteiger partial charge in [-0.05, 0) is 26.3 Å². The van der Waals surface area contributed by atoms with Crippen LogP contribution in [0.3, 0.4) is 0 Å². The van der Waals surface area contributed by atoms with E-state index in [9.17, 15) is 14.4 Å². The van der Waals surface area contributed by atoms with Gasteiger partial charge in [0.2, 0.25) is 5.91 Å². The number of aromatic amines is 1. The number of nitrogens with zero attached hydrogens (tertiary/aromatic N) is 2. The van der Waals surface area contributed by atoms with Gasteiger partial charge in [0.25, 0.3) is 0 Å². The fourth-order valence-electron chi connectivity index (χ4n) is 3.20. The third kappa shape index (κ3) is 3.36. The highest BCUT2D eigenvalue weighted by molar-refractivity contribution is 6.03. The van der Waals surface area contributed by atoms with Crippen molar-refractivity contribution < 1.29 is 19.1 Å². The summed E-state index contributed by atoms with van der Waals surface area (Å²) in [6, 6.07) is -0.318. The van der Waals surface area contributed by atoms with Crippen molar-refractivity contribution in [3.05, 3.63) is 22.5 Å². The Hall–Kier alpha value is -2.15. The van der Waals surface area contributed by atoms with E-state index in [4.69, 9.17) is 4.74 Å². The van der Waals surface area contributed by atoms with E-state index < -0.39 is 5.97 Å². The topological polar surface area (TPSA) is 82.7 Å². The number of carbonyl (C=O) groups excluding carboxylic acids is 3. The molecule has 24 heavy (non-hydrogen) atoms. The standard InChI is InChI=1S/C17H25N3O4/c1-10-14(17(23)24-5)11(2)18-15(10)16(22)12(3)19-6-8-20(9-7-19)13(4)21/h12,18H,6-9H2,1-5H3/t12-/m1/s1. The normalized spacial score (nSPS) is 16.8. The molecule has 2 heterocycles. The number of amides is 1. The molecule has 0 saturated carbocycles. The molecule has 1 saturated heterocycles. The van der Waals surface area contributed by atoms with Crippen molar-refractivity contribution in [3.8, 4) is 0 Å². The van der Waals surface area contributed by atoms with Gasteiger partial charge in [0, 0.05) is 38.8 Å². The van der Waals surface area contributed by atoms with Crippen LogP contribution in [-0.2, 0) is 9.53 Å². The summed E-state index contributed by atoms with van der Waals surface area (Å²) in [5, 5.41) is 0. The molecular formula is C17H25N3O4. The van der Waals surface area contributed by atoms with Crippen molar-refractivity contribution in [3.63, 3.8) is 0 Å². The monoisotopic (exact) mass is 335 g/mol. The lowest BCUT2D eigenvalue weighted by Crippen LogP contribution is -2.52. The van der Waals surface area contributed by atoms with Gasteiger partial charge in [0.15, 0.2) is 5.78 Å². The lowest BCUT2D eigenvalue weighted by Gasteiger charge is -2.37. The summed E-state index contributed by atoms with van der Waals surface area (Å²) in [6.07, 6.45) is 0. The number of piperazine rings is 1. The van der Waals surface area contributed by atoms with Gasteiger partial charge >= 0.3 is 5.97 Å². The molecule has 1 fully saturated rings. The summed E-state index contributed by atoms with van der Waals surface area (Å²) in [5.74, 6) is -0.433. The zero-order valence-corrected chi connectivity index (χ0v) is 14.9. The minimum atomic E-state index is -0.442. The average molecular weight is 335 g/mol. The first kappa shape index (κ1) is 18.2. The number of Topliss-reactive ketones (excluding diaryl/α,β-unsaturated/α-hetero) is 1. The molecule has 7 nitrogen and oxygen atoms in total. The van der Waals surface area contributed by atoms with Gasteiger partial charge in [0.05, 0.1) is 24.4 Å². The van der Waals surface area contributed by atoms with Crippen molar-refractivity contribution in [2.45, 2.75) is 33.7 Å². The quantitative estimate of drug-likeness (QED) is 0.659. The van der Waals surface area contributed by atoms with Crippen LogP contribution in [0.25, 0.3) is 0 Å². The lowest BCUT2D eigenvalue weighted by atomic mass is 10.0. The fourth-order valence-corrected chi connectivity index (χ4v) is 3.20. The van der Waals surface area contributed by atoms with Crippen LogP contribution < -0.4 is 0 Å². The Morgan fingerprint density at radius 3 is 2.21 bits per heavy atom. The highest BCUT2D eigenvalue weighted by Gasteiger charge is 2.30. The van der Waals surface area contributed by atoms with Crippen LogP contribution in [0.1, 0.15) is 46.0 Å². The minimum Gasteiger partial charge on any atom is -0.465 e. The van der Waals surface area contributed by atoms with Crippen LogP contribution in [0.15, 0.2) is 0 Å². The van der Waals surface area contributed by atoms with Crippen molar-refractivity contribution in [1.82, 2.24) is 14.8 Å². The number of esters is 1. The predicted molar refractivity (Wildman–Crippen MR) is 89.2 cm³/mol. The number of nitrogens with one attached hydrogen (secondary N) is 1. The van der Waals surface area contributed by atoms with Gasteiger partial charge in [-0.15, -0.1) is 0 Å². The molecule has 1 aromatic heterocycles. The molecule has 7 heteroatoms. The summed E-state index contributed by atoms with van der Waals surface area (Å²) < 4.78 is 4.78. The SMILES string of the molecule is COC(=O)c1c(C)[nH]c(C(=O)[C@@H](C)N2CCN(C(C)=O)CC2)c1C. The summed E-state index contributed by atoms with van der Waals surface area (Å²) in [6.45, 7) is 9.51. The molecule has 1 aliphatic rings. The van der Waals surface area contributed by atoms with Crippen LogP contribution >= 0.6 is 0 Å². The predicted octanol–water partition coefficient (Wildman–Crippen LogP) is 1.15. The molecule has 1 N–H and O–H groups in total. The van der Waals surface area contributed by atoms with Crippen LogP contribution in [0.4, 0.5) is 0 Å². The molecule has 1 atom stereocenters. The zero-order valence-electron chi connectivity index (χ0n) is 14.9. The van der Waals surface area contributed by atoms with Gasteiger partial charge in [0.1, 0.15) is 0 Å². The van der Waals surface area contributed by atoms with Crippen LogP contribution in [0.2, 0.25) is 0 Å². The van der Waals surface area contributed by atoms with Crippen LogP contribution in [0.5, 0.6) is 0 Å². The fraction of sp³-hybridized carbons (Fsp3) is 0.588. The van der Waals surface area contributed by atoms with Crippen molar-refractivity contribution in [2.24, 2.45) is 0 Å². The van der Waals surface area contributed by atoms with Gasteiger partial charge in [-0.25, -0.2) is 4.79 Å². The van der Waals surface area contributed by atoms with Gasteiger partial charge in [-0.3, -0.25) is 14.5 Å². The summed E-state index contributed by atoms with van der Waals surface area (Å²) in [7, 11) is 1.33. The molecule has 0 aromatic carbocycles. The van der Waals surface area contributed by atoms with Crippen molar-refractivity contribution >= 4 is 17.7 Å². The smallest absolute Gasteiger partial charge is 0.339 e. The molecule has 0 radical (unpaired) electrons. The number of methoxy groups -OCH3 is 1. The Morgan fingerprint density at radius 2 is 1.71 bits per heavy atom. The third-order valence-corrected chi connectivity index (χ3v) is 4.76. The van der Waals surface area contributed by atoms with E-state index >= 15 is 0 Å². The highest BCUT2D eigenvalue weighted by atomic mass is 16.5. The van der Waals surface area contributed by atoms with Gasteiger partial charge in [-0.2, -0.15) is 0 Å². The summed E-state index contributed by atoms with van der Waals surface area (Å²) >= 11 is 0. The first-order valence-electron chi connectivity index (χ1n) is 8.09. The van der Waals surface area contributed by atoms with Crippen molar-refractivity contribution in [2.75, 3.05) is 33.3 Å². The Kier molecular flexibility index (Phi) is 5.43. The van der Waals surface area contributed by atoms with E-state index in [1.165, 1.54) is 7.11 Å². The summed E-state index contributed by atoms with van der Waals surface area (Å²) in [5.41, 5.74) is 2.14. The number of rotatable bonds is 4. The number of H-pyrrole nitrogens is 1. The molecule has 0 aliphatic carbocycles. The molecule has 0 unspecified atom stereocenters. The summed E-state index contributed by atoms with van der Waals surface area (Å²) in [4.78, 5) is 43.0. The van der Waals surface area contributed by atoms with Crippen LogP contribution in [0, 0.1) is 13.8 Å². The highest BCUT2D eigenvalue weighted by Crippen LogP contribution is 2.21. The molecule has 132 valence electrons. The van der Waals surface area contributed by atoms with E-state index in [1.807, 2.05) is 6.92 Å². The second-order valence-electron chi connectivity index (χ2n) is 6.20. The number of carbonyl (C=O) groups is 3. The Labute approximate surface area is 141 Å². The van der Waals surface area contributed by atoms with Gasteiger partial charge in [-0.1, -0.05) is 0 Å². The van der Waals surface area contributed by atoms with E-state index in [1.54, 1.807) is 25.7 Å². The molecule has 1 aliphatic heterocycles. The van der Waals surface area contributed by atoms with E-state index in [2.05, 4.69) is 9.88 Å². The van der Waals surface area contributed by atoms with Crippen molar-refractivity contribution in [1.29, 1.82) is 0 Å². The Morgan fingerprint density at radius 1 is 1.12 bits per heavy atom. The third-order valence-electron chi connectivity index (χ3n) is 4.76. The number of aromatic nitrogens is 1. The zero-order chi connectivity index (χ0) is 18.0. The average Bonchev–Trinajstić information content (AvgIpc) is 2.87.